The van der Waals surface area contributed by atoms with Crippen LogP contribution >= 0.6 is 0 Å². The molecule has 3 aliphatic rings. The van der Waals surface area contributed by atoms with Crippen LogP contribution in [0.1, 0.15) is 132 Å². The molecule has 8 rings (SSSR count). The Kier molecular flexibility index (Phi) is 9.81. The van der Waals surface area contributed by atoms with Crippen LogP contribution in [-0.4, -0.2) is 52.2 Å². The molecule has 1 N–H and O–H groups in total. The first kappa shape index (κ1) is 35.2. The molecule has 3 aliphatic heterocycles. The molecule has 2 bridgehead atoms. The highest BCUT2D eigenvalue weighted by Gasteiger charge is 2.54. The van der Waals surface area contributed by atoms with Gasteiger partial charge in [-0.25, -0.2) is 0 Å². The maximum atomic E-state index is 14.0. The second-order valence-electron chi connectivity index (χ2n) is 15.8. The number of likely N-dealkylation sites (N-methyl/N-ethyl adjacent to an activating group) is 1. The average molecular weight is 705 g/mol. The summed E-state index contributed by atoms with van der Waals surface area (Å²) in [4.78, 5) is 29.6. The number of unbranched alkanes of at least 4 members (excludes halogenated alkanes) is 12. The molecule has 3 aromatic carbocycles. The highest BCUT2D eigenvalue weighted by Crippen LogP contribution is 2.54. The average Bonchev–Trinajstić information content (AvgIpc) is 3.80. The molecule has 2 amide bonds. The fourth-order valence-corrected chi connectivity index (χ4v) is 10.0. The minimum Gasteiger partial charge on any atom is -0.374 e. The third-order valence-electron chi connectivity index (χ3n) is 12.6. The third kappa shape index (κ3) is 5.63. The Morgan fingerprint density at radius 1 is 0.865 bits per heavy atom. The van der Waals surface area contributed by atoms with Gasteiger partial charge in [0.05, 0.1) is 33.7 Å². The van der Waals surface area contributed by atoms with E-state index in [1.54, 1.807) is 7.11 Å². The second-order valence-corrected chi connectivity index (χ2v) is 15.8. The maximum Gasteiger partial charge on any atom is 0.252 e. The molecule has 0 spiro atoms. The van der Waals surface area contributed by atoms with Crippen LogP contribution in [0.4, 0.5) is 0 Å². The zero-order valence-electron chi connectivity index (χ0n) is 31.6. The van der Waals surface area contributed by atoms with E-state index < -0.39 is 11.8 Å². The topological polar surface area (TPSA) is 77.7 Å². The number of ether oxygens (including phenoxy) is 2. The van der Waals surface area contributed by atoms with E-state index in [1.165, 1.54) is 70.6 Å². The highest BCUT2D eigenvalue weighted by atomic mass is 16.6. The summed E-state index contributed by atoms with van der Waals surface area (Å²) in [6.07, 6.45) is 17.0. The van der Waals surface area contributed by atoms with Gasteiger partial charge in [0.2, 0.25) is 5.91 Å². The Labute approximate surface area is 307 Å². The van der Waals surface area contributed by atoms with E-state index in [0.717, 1.165) is 67.6 Å². The number of benzene rings is 3. The summed E-state index contributed by atoms with van der Waals surface area (Å²) in [6.45, 7) is 4.90. The van der Waals surface area contributed by atoms with Crippen molar-refractivity contribution in [1.82, 2.24) is 19.4 Å². The Morgan fingerprint density at radius 2 is 1.46 bits per heavy atom. The molecule has 2 aromatic heterocycles. The van der Waals surface area contributed by atoms with Crippen molar-refractivity contribution in [1.29, 1.82) is 0 Å². The molecule has 0 radical (unpaired) electrons. The van der Waals surface area contributed by atoms with Gasteiger partial charge >= 0.3 is 0 Å². The summed E-state index contributed by atoms with van der Waals surface area (Å²) >= 11 is 0. The van der Waals surface area contributed by atoms with Crippen LogP contribution in [0, 0.1) is 0 Å². The molecule has 52 heavy (non-hydrogen) atoms. The van der Waals surface area contributed by atoms with Crippen molar-refractivity contribution in [3.05, 3.63) is 59.7 Å². The van der Waals surface area contributed by atoms with Gasteiger partial charge < -0.3 is 28.8 Å². The number of nitrogens with one attached hydrogen (secondary N) is 1. The van der Waals surface area contributed by atoms with E-state index in [1.807, 2.05) is 11.9 Å². The van der Waals surface area contributed by atoms with E-state index >= 15 is 0 Å². The van der Waals surface area contributed by atoms with E-state index in [2.05, 4.69) is 76.8 Å². The number of hydrogen-bond donors (Lipinski definition) is 1. The highest BCUT2D eigenvalue weighted by molar-refractivity contribution is 6.31. The van der Waals surface area contributed by atoms with Crippen LogP contribution in [0.3, 0.4) is 0 Å². The Morgan fingerprint density at radius 3 is 2.12 bits per heavy atom. The molecule has 1 fully saturated rings. The summed E-state index contributed by atoms with van der Waals surface area (Å²) in [5.41, 5.74) is 5.03. The number of nitrogens with zero attached hydrogens (tertiary/aromatic N) is 3. The quantitative estimate of drug-likeness (QED) is 0.104. The molecule has 0 saturated carbocycles. The molecule has 276 valence electrons. The molecule has 4 atom stereocenters. The van der Waals surface area contributed by atoms with Crippen molar-refractivity contribution in [2.24, 2.45) is 0 Å². The summed E-state index contributed by atoms with van der Waals surface area (Å²) in [5.74, 6) is 0.137. The summed E-state index contributed by atoms with van der Waals surface area (Å²) in [6, 6.07) is 16.6. The number of hydrogen-bond acceptors (Lipinski definition) is 4. The van der Waals surface area contributed by atoms with Crippen molar-refractivity contribution in [3.8, 4) is 0 Å². The molecule has 8 nitrogen and oxygen atoms in total. The zero-order chi connectivity index (χ0) is 36.0. The fraction of sp³-hybridized carbons (Fsp3) is 0.545. The number of carbonyl (C=O) groups excluding carboxylic acids is 2. The van der Waals surface area contributed by atoms with Gasteiger partial charge in [0.15, 0.2) is 5.72 Å². The Balaban J connectivity index is 1.07. The van der Waals surface area contributed by atoms with Gasteiger partial charge in [-0.3, -0.25) is 9.59 Å². The van der Waals surface area contributed by atoms with Crippen molar-refractivity contribution in [3.63, 3.8) is 0 Å². The van der Waals surface area contributed by atoms with Gasteiger partial charge in [-0.15, -0.1) is 0 Å². The van der Waals surface area contributed by atoms with Crippen molar-refractivity contribution >= 4 is 55.4 Å². The predicted molar refractivity (Wildman–Crippen MR) is 210 cm³/mol. The van der Waals surface area contributed by atoms with Gasteiger partial charge in [-0.2, -0.15) is 0 Å². The zero-order valence-corrected chi connectivity index (χ0v) is 31.6. The molecule has 5 heterocycles. The first-order valence-electron chi connectivity index (χ1n) is 20.2. The van der Waals surface area contributed by atoms with Gasteiger partial charge in [0.25, 0.3) is 5.91 Å². The van der Waals surface area contributed by atoms with Crippen molar-refractivity contribution in [2.45, 2.75) is 141 Å². The number of para-hydroxylation sites is 2. The number of aromatic nitrogens is 2. The molecule has 1 saturated heterocycles. The first-order valence-corrected chi connectivity index (χ1v) is 20.2. The molecular weight excluding hydrogens is 649 g/mol. The van der Waals surface area contributed by atoms with Crippen molar-refractivity contribution < 1.29 is 19.1 Å². The fourth-order valence-electron chi connectivity index (χ4n) is 10.0. The van der Waals surface area contributed by atoms with Crippen molar-refractivity contribution in [2.75, 3.05) is 14.2 Å². The number of rotatable bonds is 16. The first-order chi connectivity index (χ1) is 25.4. The van der Waals surface area contributed by atoms with Crippen LogP contribution < -0.4 is 5.32 Å². The van der Waals surface area contributed by atoms with E-state index in [9.17, 15) is 9.59 Å². The Hall–Kier alpha value is -3.88. The molecule has 0 unspecified atom stereocenters. The van der Waals surface area contributed by atoms with Crippen LogP contribution in [-0.2, 0) is 26.5 Å². The lowest BCUT2D eigenvalue weighted by Gasteiger charge is -2.50. The van der Waals surface area contributed by atoms with Gasteiger partial charge in [-0.1, -0.05) is 120 Å². The monoisotopic (exact) mass is 704 g/mol. The van der Waals surface area contributed by atoms with Gasteiger partial charge in [0.1, 0.15) is 12.3 Å². The van der Waals surface area contributed by atoms with E-state index in [4.69, 9.17) is 9.47 Å². The van der Waals surface area contributed by atoms with E-state index in [0.29, 0.717) is 19.4 Å². The number of fused-ring (bicyclic) bond motifs is 13. The molecule has 8 heteroatoms. The largest absolute Gasteiger partial charge is 0.374 e. The summed E-state index contributed by atoms with van der Waals surface area (Å²) in [5, 5.41) is 7.37. The van der Waals surface area contributed by atoms with Crippen LogP contribution in [0.15, 0.2) is 48.5 Å². The molecule has 5 aromatic rings. The number of carbonyl (C=O) groups is 2. The van der Waals surface area contributed by atoms with Crippen LogP contribution in [0.25, 0.3) is 43.6 Å². The lowest BCUT2D eigenvalue weighted by molar-refractivity contribution is -0.266. The SMILES string of the molecule is CCCCCCCCCCCCCCCC(=O)N(C)[C@@H]1C[C@H]2O[C@@](C)([C@@H]1OC)n1c3ccccc3c3c4c(c5c6ccccc6n2c5c31)C(=O)NC4. The Bertz CT molecular complexity index is 2130. The van der Waals surface area contributed by atoms with E-state index in [-0.39, 0.29) is 24.1 Å². The standard InChI is InChI=1S/C44H56N4O4/c1-5-6-7-8-9-10-11-12-13-14-15-16-17-26-35(49)46(3)34-27-36-47-32-24-20-18-22-29(32)38-39-31(28-45-43(39)50)37-30-23-19-21-25-33(30)48(41(37)40(38)47)44(2,52-36)42(34)51-4/h18-25,34,36,42H,5-17,26-28H2,1-4H3,(H,45,50)/t34-,36-,42-,44+/m1/s1. The summed E-state index contributed by atoms with van der Waals surface area (Å²) in [7, 11) is 3.71. The third-order valence-corrected chi connectivity index (χ3v) is 12.6. The minimum absolute atomic E-state index is 0.0258. The predicted octanol–water partition coefficient (Wildman–Crippen LogP) is 10.1. The minimum atomic E-state index is -0.939. The smallest absolute Gasteiger partial charge is 0.252 e. The molecular formula is C44H56N4O4. The van der Waals surface area contributed by atoms with Gasteiger partial charge in [0, 0.05) is 55.1 Å². The number of methoxy groups -OCH3 is 1. The van der Waals surface area contributed by atoms with Gasteiger partial charge in [-0.05, 0) is 31.0 Å². The lowest BCUT2D eigenvalue weighted by Crippen LogP contribution is -2.61. The summed E-state index contributed by atoms with van der Waals surface area (Å²) < 4.78 is 18.4. The lowest BCUT2D eigenvalue weighted by atomic mass is 9.91. The molecule has 0 aliphatic carbocycles. The maximum absolute atomic E-state index is 14.0. The van der Waals surface area contributed by atoms with Crippen LogP contribution in [0.5, 0.6) is 0 Å². The van der Waals surface area contributed by atoms with Crippen LogP contribution in [0.2, 0.25) is 0 Å². The second kappa shape index (κ2) is 14.5. The number of amides is 2. The normalized spacial score (nSPS) is 22.2.